The quantitative estimate of drug-likeness (QED) is 0.219. The summed E-state index contributed by atoms with van der Waals surface area (Å²) in [7, 11) is 1.33. The van der Waals surface area contributed by atoms with E-state index in [0.29, 0.717) is 42.4 Å². The minimum Gasteiger partial charge on any atom is -0.487 e. The lowest BCUT2D eigenvalue weighted by molar-refractivity contribution is -0.143. The third-order valence-corrected chi connectivity index (χ3v) is 7.61. The number of hydrogen-bond acceptors (Lipinski definition) is 6. The number of carboxylic acids is 1. The van der Waals surface area contributed by atoms with Crippen molar-refractivity contribution in [3.63, 3.8) is 0 Å². The Labute approximate surface area is 253 Å². The number of benzene rings is 2. The normalized spacial score (nSPS) is 14.0. The molecule has 1 aliphatic rings. The monoisotopic (exact) mass is 632 g/mol. The van der Waals surface area contributed by atoms with Crippen LogP contribution in [0.15, 0.2) is 60.8 Å². The van der Waals surface area contributed by atoms with Crippen LogP contribution in [0.25, 0.3) is 17.1 Å². The molecule has 14 heteroatoms. The second kappa shape index (κ2) is 12.5. The zero-order chi connectivity index (χ0) is 31.6. The van der Waals surface area contributed by atoms with Gasteiger partial charge in [-0.2, -0.15) is 18.3 Å². The lowest BCUT2D eigenvalue weighted by atomic mass is 9.89. The van der Waals surface area contributed by atoms with Crippen LogP contribution in [0, 0.1) is 5.82 Å². The fraction of sp³-hybridized carbons (Fsp3) is 0.267. The van der Waals surface area contributed by atoms with E-state index < -0.39 is 29.2 Å². The van der Waals surface area contributed by atoms with Crippen LogP contribution in [-0.4, -0.2) is 57.0 Å². The molecule has 2 aromatic carbocycles. The first-order valence-corrected chi connectivity index (χ1v) is 13.7. The third kappa shape index (κ3) is 6.32. The second-order valence-corrected chi connectivity index (χ2v) is 10.4. The number of halogens is 5. The number of amides is 1. The van der Waals surface area contributed by atoms with Gasteiger partial charge in [-0.15, -0.1) is 0 Å². The average molecular weight is 633 g/mol. The molecule has 2 aromatic heterocycles. The lowest BCUT2D eigenvalue weighted by Crippen LogP contribution is -2.37. The molecule has 230 valence electrons. The van der Waals surface area contributed by atoms with Gasteiger partial charge in [0.1, 0.15) is 23.7 Å². The highest BCUT2D eigenvalue weighted by molar-refractivity contribution is 6.32. The molecule has 1 N–H and O–H groups in total. The van der Waals surface area contributed by atoms with E-state index in [2.05, 4.69) is 10.1 Å². The summed E-state index contributed by atoms with van der Waals surface area (Å²) in [6, 6.07) is 13.8. The van der Waals surface area contributed by atoms with Gasteiger partial charge in [-0.3, -0.25) is 0 Å². The Morgan fingerprint density at radius 3 is 2.48 bits per heavy atom. The predicted molar refractivity (Wildman–Crippen MR) is 150 cm³/mol. The van der Waals surface area contributed by atoms with Crippen molar-refractivity contribution in [1.29, 1.82) is 0 Å². The minimum absolute atomic E-state index is 0.0770. The van der Waals surface area contributed by atoms with Crippen LogP contribution in [0.3, 0.4) is 0 Å². The van der Waals surface area contributed by atoms with Crippen molar-refractivity contribution in [1.82, 2.24) is 19.7 Å². The highest BCUT2D eigenvalue weighted by Gasteiger charge is 2.41. The summed E-state index contributed by atoms with van der Waals surface area (Å²) in [5.74, 6) is -2.35. The van der Waals surface area contributed by atoms with Crippen molar-refractivity contribution in [2.24, 2.45) is 0 Å². The number of piperidine rings is 1. The number of pyridine rings is 1. The molecule has 0 spiro atoms. The summed E-state index contributed by atoms with van der Waals surface area (Å²) in [5.41, 5.74) is -0.970. The zero-order valence-electron chi connectivity index (χ0n) is 23.1. The number of aromatic nitrogens is 3. The highest BCUT2D eigenvalue weighted by atomic mass is 35.5. The number of carboxylic acid groups (broad SMARTS) is 1. The molecule has 4 aromatic rings. The maximum atomic E-state index is 15.2. The molecule has 0 radical (unpaired) electrons. The number of nitrogens with zero attached hydrogens (tertiary/aromatic N) is 4. The number of rotatable bonds is 7. The molecule has 5 rings (SSSR count). The average Bonchev–Trinajstić information content (AvgIpc) is 3.48. The van der Waals surface area contributed by atoms with Gasteiger partial charge in [-0.1, -0.05) is 35.9 Å². The first kappa shape index (κ1) is 30.8. The third-order valence-electron chi connectivity index (χ3n) is 7.31. The molecule has 0 atom stereocenters. The Morgan fingerprint density at radius 1 is 1.09 bits per heavy atom. The molecule has 44 heavy (non-hydrogen) atoms. The van der Waals surface area contributed by atoms with Gasteiger partial charge in [0.15, 0.2) is 11.5 Å². The summed E-state index contributed by atoms with van der Waals surface area (Å²) in [5, 5.41) is 13.0. The fourth-order valence-corrected chi connectivity index (χ4v) is 5.34. The van der Waals surface area contributed by atoms with Gasteiger partial charge in [0.25, 0.3) is 0 Å². The summed E-state index contributed by atoms with van der Waals surface area (Å²) in [6.07, 6.45) is -3.46. The molecule has 1 aliphatic heterocycles. The van der Waals surface area contributed by atoms with Gasteiger partial charge in [-0.05, 0) is 54.7 Å². The predicted octanol–water partition coefficient (Wildman–Crippen LogP) is 6.97. The smallest absolute Gasteiger partial charge is 0.434 e. The number of hydrogen-bond donors (Lipinski definition) is 1. The Hall–Kier alpha value is -4.65. The molecule has 3 heterocycles. The number of para-hydroxylation sites is 1. The number of aromatic carboxylic acids is 1. The number of methoxy groups -OCH3 is 1. The van der Waals surface area contributed by atoms with Crippen molar-refractivity contribution in [2.45, 2.75) is 31.5 Å². The maximum Gasteiger partial charge on any atom is 0.434 e. The van der Waals surface area contributed by atoms with Gasteiger partial charge in [-0.25, -0.2) is 23.6 Å². The van der Waals surface area contributed by atoms with Crippen LogP contribution >= 0.6 is 11.6 Å². The largest absolute Gasteiger partial charge is 0.487 e. The van der Waals surface area contributed by atoms with E-state index in [9.17, 15) is 27.9 Å². The van der Waals surface area contributed by atoms with Gasteiger partial charge in [0, 0.05) is 24.2 Å². The van der Waals surface area contributed by atoms with E-state index in [1.165, 1.54) is 31.4 Å². The molecule has 9 nitrogen and oxygen atoms in total. The fourth-order valence-electron chi connectivity index (χ4n) is 5.11. The molecule has 0 aliphatic carbocycles. The molecular weight excluding hydrogens is 608 g/mol. The minimum atomic E-state index is -5.02. The second-order valence-electron chi connectivity index (χ2n) is 9.99. The highest BCUT2D eigenvalue weighted by Crippen LogP contribution is 2.38. The van der Waals surface area contributed by atoms with Crippen molar-refractivity contribution >= 4 is 23.7 Å². The number of carbonyl (C=O) groups excluding carboxylic acids is 1. The Balaban J connectivity index is 1.37. The van der Waals surface area contributed by atoms with E-state index >= 15 is 4.39 Å². The van der Waals surface area contributed by atoms with Crippen molar-refractivity contribution in [3.05, 3.63) is 94.0 Å². The first-order chi connectivity index (χ1) is 21.0. The van der Waals surface area contributed by atoms with E-state index in [-0.39, 0.29) is 46.5 Å². The van der Waals surface area contributed by atoms with Gasteiger partial charge < -0.3 is 19.5 Å². The number of alkyl halides is 3. The van der Waals surface area contributed by atoms with E-state index in [4.69, 9.17) is 21.1 Å². The summed E-state index contributed by atoms with van der Waals surface area (Å²) < 4.78 is 67.6. The molecule has 0 bridgehead atoms. The molecule has 1 amide bonds. The number of ether oxygens (including phenoxy) is 2. The van der Waals surface area contributed by atoms with Gasteiger partial charge in [0.05, 0.1) is 24.0 Å². The summed E-state index contributed by atoms with van der Waals surface area (Å²) >= 11 is 6.42. The lowest BCUT2D eigenvalue weighted by Gasteiger charge is -2.31. The van der Waals surface area contributed by atoms with Gasteiger partial charge >= 0.3 is 18.2 Å². The van der Waals surface area contributed by atoms with Crippen LogP contribution < -0.4 is 4.74 Å². The standard InChI is InChI=1S/C30H25ClF4N4O5/c1-43-29(42)38-12-10-17(11-13-38)18-8-9-19(23(32)14-18)16-44-26-20(4-2-5-22(26)31)24-6-3-7-25(37-24)39-27(30(33,34)35)21(15-36-39)28(40)41/h2-9,14-15,17H,10-13,16H2,1H3,(H,40,41). The number of carbonyl (C=O) groups is 2. The Kier molecular flexibility index (Phi) is 8.77. The Morgan fingerprint density at radius 2 is 1.82 bits per heavy atom. The van der Waals surface area contributed by atoms with Crippen LogP contribution in [0.4, 0.5) is 22.4 Å². The van der Waals surface area contributed by atoms with Crippen LogP contribution in [-0.2, 0) is 17.5 Å². The SMILES string of the molecule is COC(=O)N1CCC(c2ccc(COc3c(Cl)cccc3-c3cccc(-n4ncc(C(=O)O)c4C(F)(F)F)n3)c(F)c2)CC1. The Bertz CT molecular complexity index is 1700. The van der Waals surface area contributed by atoms with Crippen LogP contribution in [0.1, 0.15) is 45.9 Å². The van der Waals surface area contributed by atoms with Crippen LogP contribution in [0.2, 0.25) is 5.02 Å². The van der Waals surface area contributed by atoms with E-state index in [1.54, 1.807) is 29.2 Å². The zero-order valence-corrected chi connectivity index (χ0v) is 23.9. The molecule has 0 saturated carbocycles. The van der Waals surface area contributed by atoms with Crippen LogP contribution in [0.5, 0.6) is 5.75 Å². The van der Waals surface area contributed by atoms with Crippen molar-refractivity contribution in [2.75, 3.05) is 20.2 Å². The van der Waals surface area contributed by atoms with Gasteiger partial charge in [0.2, 0.25) is 0 Å². The summed E-state index contributed by atoms with van der Waals surface area (Å²) in [6.45, 7) is 0.808. The van der Waals surface area contributed by atoms with Crippen molar-refractivity contribution < 1.29 is 41.7 Å². The van der Waals surface area contributed by atoms with Crippen molar-refractivity contribution in [3.8, 4) is 22.8 Å². The molecule has 1 fully saturated rings. The van der Waals surface area contributed by atoms with E-state index in [0.717, 1.165) is 5.56 Å². The van der Waals surface area contributed by atoms with E-state index in [1.807, 2.05) is 6.07 Å². The maximum absolute atomic E-state index is 15.2. The summed E-state index contributed by atoms with van der Waals surface area (Å²) in [4.78, 5) is 29.0. The number of likely N-dealkylation sites (tertiary alicyclic amines) is 1. The molecular formula is C30H25ClF4N4O5. The molecule has 1 saturated heterocycles. The topological polar surface area (TPSA) is 107 Å². The first-order valence-electron chi connectivity index (χ1n) is 13.4. The molecule has 0 unspecified atom stereocenters.